The number of hydrogen-bond acceptors (Lipinski definition) is 4. The minimum Gasteiger partial charge on any atom is -0.492 e. The van der Waals surface area contributed by atoms with Crippen molar-refractivity contribution in [3.8, 4) is 11.8 Å². The van der Waals surface area contributed by atoms with E-state index >= 15 is 0 Å². The molecule has 1 aromatic carbocycles. The summed E-state index contributed by atoms with van der Waals surface area (Å²) in [4.78, 5) is 11.7. The highest BCUT2D eigenvalue weighted by Gasteiger charge is 2.27. The van der Waals surface area contributed by atoms with Crippen molar-refractivity contribution in [2.24, 2.45) is 5.92 Å². The van der Waals surface area contributed by atoms with Gasteiger partial charge in [-0.3, -0.25) is 4.79 Å². The van der Waals surface area contributed by atoms with Gasteiger partial charge in [-0.2, -0.15) is 5.26 Å². The molecule has 1 saturated heterocycles. The minimum atomic E-state index is -0.131. The van der Waals surface area contributed by atoms with Crippen LogP contribution in [-0.2, 0) is 4.79 Å². The van der Waals surface area contributed by atoms with Crippen molar-refractivity contribution in [2.75, 3.05) is 19.7 Å². The van der Waals surface area contributed by atoms with Crippen LogP contribution in [0.3, 0.4) is 0 Å². The Bertz CT molecular complexity index is 493. The molecule has 0 bridgehead atoms. The summed E-state index contributed by atoms with van der Waals surface area (Å²) in [6.45, 7) is 3.95. The average Bonchev–Trinajstić information content (AvgIpc) is 2.46. The van der Waals surface area contributed by atoms with Gasteiger partial charge in [0.05, 0.1) is 17.7 Å². The molecular weight excluding hydrogens is 254 g/mol. The Labute approximate surface area is 118 Å². The standard InChI is InChI=1S/C15H19N3O2/c1-11-6-7-18-15(19)14(11)17-8-9-20-13-4-2-12(10-16)3-5-13/h2-5,11,14,17H,6-9H2,1H3,(H,18,19)/t11-,14+/m0/s1. The molecule has 106 valence electrons. The molecule has 0 saturated carbocycles. The van der Waals surface area contributed by atoms with Gasteiger partial charge >= 0.3 is 0 Å². The summed E-state index contributed by atoms with van der Waals surface area (Å²) in [5.41, 5.74) is 0.614. The number of carbonyl (C=O) groups excluding carboxylic acids is 1. The molecule has 1 amide bonds. The fraction of sp³-hybridized carbons (Fsp3) is 0.467. The summed E-state index contributed by atoms with van der Waals surface area (Å²) in [7, 11) is 0. The third kappa shape index (κ3) is 3.72. The zero-order valence-corrected chi connectivity index (χ0v) is 11.6. The van der Waals surface area contributed by atoms with Crippen LogP contribution in [0.2, 0.25) is 0 Å². The van der Waals surface area contributed by atoms with E-state index in [0.717, 1.165) is 18.7 Å². The van der Waals surface area contributed by atoms with Gasteiger partial charge in [-0.15, -0.1) is 0 Å². The molecule has 2 atom stereocenters. The summed E-state index contributed by atoms with van der Waals surface area (Å²) in [5.74, 6) is 1.15. The second-order valence-electron chi connectivity index (χ2n) is 4.97. The highest BCUT2D eigenvalue weighted by atomic mass is 16.5. The van der Waals surface area contributed by atoms with Gasteiger partial charge in [0.2, 0.25) is 5.91 Å². The van der Waals surface area contributed by atoms with E-state index in [4.69, 9.17) is 10.00 Å². The molecule has 1 fully saturated rings. The predicted molar refractivity (Wildman–Crippen MR) is 75.2 cm³/mol. The maximum atomic E-state index is 11.7. The van der Waals surface area contributed by atoms with Gasteiger partial charge in [-0.1, -0.05) is 6.92 Å². The minimum absolute atomic E-state index is 0.0714. The van der Waals surface area contributed by atoms with Crippen molar-refractivity contribution in [1.82, 2.24) is 10.6 Å². The number of rotatable bonds is 5. The van der Waals surface area contributed by atoms with Crippen molar-refractivity contribution >= 4 is 5.91 Å². The lowest BCUT2D eigenvalue weighted by molar-refractivity contribution is -0.126. The molecule has 5 nitrogen and oxygen atoms in total. The van der Waals surface area contributed by atoms with Gasteiger partial charge < -0.3 is 15.4 Å². The fourth-order valence-electron chi connectivity index (χ4n) is 2.26. The van der Waals surface area contributed by atoms with Crippen LogP contribution in [-0.4, -0.2) is 31.6 Å². The molecule has 1 heterocycles. The molecule has 0 unspecified atom stereocenters. The van der Waals surface area contributed by atoms with E-state index in [1.54, 1.807) is 24.3 Å². The van der Waals surface area contributed by atoms with Gasteiger partial charge in [0.1, 0.15) is 12.4 Å². The molecule has 20 heavy (non-hydrogen) atoms. The number of piperidine rings is 1. The summed E-state index contributed by atoms with van der Waals surface area (Å²) >= 11 is 0. The van der Waals surface area contributed by atoms with Gasteiger partial charge in [0, 0.05) is 13.1 Å². The Balaban J connectivity index is 1.73. The molecule has 0 spiro atoms. The van der Waals surface area contributed by atoms with Crippen LogP contribution >= 0.6 is 0 Å². The quantitative estimate of drug-likeness (QED) is 0.786. The van der Waals surface area contributed by atoms with Crippen LogP contribution in [0, 0.1) is 17.2 Å². The van der Waals surface area contributed by atoms with Crippen molar-refractivity contribution in [2.45, 2.75) is 19.4 Å². The first-order valence-corrected chi connectivity index (χ1v) is 6.85. The predicted octanol–water partition coefficient (Wildman–Crippen LogP) is 1.05. The van der Waals surface area contributed by atoms with E-state index in [0.29, 0.717) is 24.6 Å². The Morgan fingerprint density at radius 3 is 2.85 bits per heavy atom. The van der Waals surface area contributed by atoms with Crippen LogP contribution in [0.4, 0.5) is 0 Å². The van der Waals surface area contributed by atoms with Crippen LogP contribution < -0.4 is 15.4 Å². The molecule has 5 heteroatoms. The van der Waals surface area contributed by atoms with Gasteiger partial charge in [0.25, 0.3) is 0 Å². The van der Waals surface area contributed by atoms with E-state index in [-0.39, 0.29) is 11.9 Å². The maximum absolute atomic E-state index is 11.7. The van der Waals surface area contributed by atoms with Crippen LogP contribution in [0.15, 0.2) is 24.3 Å². The maximum Gasteiger partial charge on any atom is 0.237 e. The SMILES string of the molecule is C[C@H]1CCNC(=O)[C@@H]1NCCOc1ccc(C#N)cc1. The highest BCUT2D eigenvalue weighted by molar-refractivity contribution is 5.82. The first-order chi connectivity index (χ1) is 9.70. The van der Waals surface area contributed by atoms with E-state index in [9.17, 15) is 4.79 Å². The lowest BCUT2D eigenvalue weighted by Gasteiger charge is -2.29. The molecule has 0 aromatic heterocycles. The first-order valence-electron chi connectivity index (χ1n) is 6.85. The second kappa shape index (κ2) is 6.92. The lowest BCUT2D eigenvalue weighted by atomic mass is 9.94. The second-order valence-corrected chi connectivity index (χ2v) is 4.97. The third-order valence-electron chi connectivity index (χ3n) is 3.47. The van der Waals surface area contributed by atoms with Crippen LogP contribution in [0.5, 0.6) is 5.75 Å². The van der Waals surface area contributed by atoms with Gasteiger partial charge in [0.15, 0.2) is 0 Å². The topological polar surface area (TPSA) is 74.2 Å². The molecule has 0 aliphatic carbocycles. The van der Waals surface area contributed by atoms with Crippen LogP contribution in [0.1, 0.15) is 18.9 Å². The van der Waals surface area contributed by atoms with Crippen molar-refractivity contribution in [3.05, 3.63) is 29.8 Å². The zero-order valence-electron chi connectivity index (χ0n) is 11.6. The Morgan fingerprint density at radius 1 is 1.45 bits per heavy atom. The normalized spacial score (nSPS) is 21.9. The fourth-order valence-corrected chi connectivity index (χ4v) is 2.26. The number of ether oxygens (including phenoxy) is 1. The molecule has 1 aliphatic heterocycles. The molecule has 2 rings (SSSR count). The molecule has 1 aliphatic rings. The first kappa shape index (κ1) is 14.4. The van der Waals surface area contributed by atoms with E-state index in [1.165, 1.54) is 0 Å². The monoisotopic (exact) mass is 273 g/mol. The lowest BCUT2D eigenvalue weighted by Crippen LogP contribution is -2.53. The molecule has 0 radical (unpaired) electrons. The van der Waals surface area contributed by atoms with E-state index < -0.39 is 0 Å². The number of nitriles is 1. The number of benzene rings is 1. The van der Waals surface area contributed by atoms with E-state index in [2.05, 4.69) is 23.6 Å². The Hall–Kier alpha value is -2.06. The van der Waals surface area contributed by atoms with Gasteiger partial charge in [-0.25, -0.2) is 0 Å². The third-order valence-corrected chi connectivity index (χ3v) is 3.47. The van der Waals surface area contributed by atoms with Crippen molar-refractivity contribution < 1.29 is 9.53 Å². The van der Waals surface area contributed by atoms with Crippen LogP contribution in [0.25, 0.3) is 0 Å². The molecular formula is C15H19N3O2. The Kier molecular flexibility index (Phi) is 4.97. The smallest absolute Gasteiger partial charge is 0.237 e. The van der Waals surface area contributed by atoms with Crippen molar-refractivity contribution in [1.29, 1.82) is 5.26 Å². The number of hydrogen-bond donors (Lipinski definition) is 2. The van der Waals surface area contributed by atoms with Crippen molar-refractivity contribution in [3.63, 3.8) is 0 Å². The number of nitrogens with one attached hydrogen (secondary N) is 2. The molecule has 1 aromatic rings. The number of amides is 1. The summed E-state index contributed by atoms with van der Waals surface area (Å²) < 4.78 is 5.56. The summed E-state index contributed by atoms with van der Waals surface area (Å²) in [6, 6.07) is 8.92. The average molecular weight is 273 g/mol. The number of nitrogens with zero attached hydrogens (tertiary/aromatic N) is 1. The highest BCUT2D eigenvalue weighted by Crippen LogP contribution is 2.13. The largest absolute Gasteiger partial charge is 0.492 e. The van der Waals surface area contributed by atoms with E-state index in [1.807, 2.05) is 0 Å². The number of carbonyl (C=O) groups is 1. The summed E-state index contributed by atoms with van der Waals surface area (Å²) in [5, 5.41) is 14.8. The Morgan fingerprint density at radius 2 is 2.20 bits per heavy atom. The zero-order chi connectivity index (χ0) is 14.4. The summed E-state index contributed by atoms with van der Waals surface area (Å²) in [6.07, 6.45) is 1.000. The van der Waals surface area contributed by atoms with Gasteiger partial charge in [-0.05, 0) is 36.6 Å². The molecule has 2 N–H and O–H groups in total.